The Labute approximate surface area is 131 Å². The third-order valence-corrected chi connectivity index (χ3v) is 3.46. The molecule has 6 nitrogen and oxygen atoms in total. The average molecular weight is 318 g/mol. The molecule has 3 rings (SSSR count). The highest BCUT2D eigenvalue weighted by atomic mass is 35.5. The van der Waals surface area contributed by atoms with E-state index in [0.717, 1.165) is 0 Å². The van der Waals surface area contributed by atoms with Crippen LogP contribution < -0.4 is 4.74 Å². The van der Waals surface area contributed by atoms with Gasteiger partial charge in [0.1, 0.15) is 11.5 Å². The predicted octanol–water partition coefficient (Wildman–Crippen LogP) is 2.80. The van der Waals surface area contributed by atoms with E-state index in [-0.39, 0.29) is 11.4 Å². The maximum Gasteiger partial charge on any atom is 0.282 e. The molecule has 0 fully saturated rings. The van der Waals surface area contributed by atoms with Crippen LogP contribution in [0, 0.1) is 5.41 Å². The normalized spacial score (nSPS) is 18.9. The van der Waals surface area contributed by atoms with Gasteiger partial charge in [-0.3, -0.25) is 10.2 Å². The van der Waals surface area contributed by atoms with Crippen LogP contribution in [0.3, 0.4) is 0 Å². The second-order valence-corrected chi connectivity index (χ2v) is 5.12. The van der Waals surface area contributed by atoms with Gasteiger partial charge in [-0.05, 0) is 30.7 Å². The van der Waals surface area contributed by atoms with Crippen molar-refractivity contribution < 1.29 is 14.4 Å². The van der Waals surface area contributed by atoms with Crippen molar-refractivity contribution in [3.05, 3.63) is 46.2 Å². The number of hydrogen-bond donors (Lipinski definition) is 1. The minimum Gasteiger partial charge on any atom is -0.495 e. The van der Waals surface area contributed by atoms with Crippen LogP contribution in [0.25, 0.3) is 6.08 Å². The summed E-state index contributed by atoms with van der Waals surface area (Å²) in [6.07, 6.45) is 3.15. The molecule has 2 aliphatic rings. The van der Waals surface area contributed by atoms with E-state index in [2.05, 4.69) is 4.99 Å². The topological polar surface area (TPSA) is 75.0 Å². The summed E-state index contributed by atoms with van der Waals surface area (Å²) in [5.74, 6) is 0.882. The van der Waals surface area contributed by atoms with Crippen LogP contribution in [0.5, 0.6) is 5.75 Å². The molecule has 22 heavy (non-hydrogen) atoms. The van der Waals surface area contributed by atoms with E-state index < -0.39 is 5.91 Å². The Balaban J connectivity index is 1.97. The molecule has 0 saturated heterocycles. The lowest BCUT2D eigenvalue weighted by Gasteiger charge is -2.23. The van der Waals surface area contributed by atoms with Gasteiger partial charge in [-0.15, -0.1) is 5.06 Å². The van der Waals surface area contributed by atoms with Gasteiger partial charge in [-0.2, -0.15) is 4.99 Å². The van der Waals surface area contributed by atoms with Crippen LogP contribution >= 0.6 is 11.6 Å². The number of hydrogen-bond acceptors (Lipinski definition) is 4. The highest BCUT2D eigenvalue weighted by molar-refractivity contribution is 6.33. The molecule has 2 aliphatic heterocycles. The second kappa shape index (κ2) is 5.31. The van der Waals surface area contributed by atoms with E-state index in [1.165, 1.54) is 12.2 Å². The van der Waals surface area contributed by atoms with Crippen molar-refractivity contribution in [3.8, 4) is 5.75 Å². The standard InChI is InChI=1S/C15H12ClN3O3/c1-8-5-13-18-15(20)10(14(17)19(13)22-8)6-9-3-4-12(21-2)11(16)7-9/h3-7,17H,1-2H3/b10-6+,17-14?. The molecule has 0 bridgehead atoms. The second-order valence-electron chi connectivity index (χ2n) is 4.72. The molecule has 7 heteroatoms. The minimum atomic E-state index is -0.488. The molecule has 0 aromatic heterocycles. The molecular weight excluding hydrogens is 306 g/mol. The lowest BCUT2D eigenvalue weighted by atomic mass is 10.1. The third-order valence-electron chi connectivity index (χ3n) is 3.17. The van der Waals surface area contributed by atoms with Gasteiger partial charge in [0, 0.05) is 6.08 Å². The molecule has 0 radical (unpaired) electrons. The van der Waals surface area contributed by atoms with E-state index in [4.69, 9.17) is 26.6 Å². The van der Waals surface area contributed by atoms with Gasteiger partial charge in [0.15, 0.2) is 11.7 Å². The maximum atomic E-state index is 12.1. The number of amides is 1. The van der Waals surface area contributed by atoms with Crippen molar-refractivity contribution >= 4 is 35.3 Å². The Morgan fingerprint density at radius 2 is 2.23 bits per heavy atom. The number of aliphatic imine (C=N–C) groups is 1. The quantitative estimate of drug-likeness (QED) is 0.851. The number of carbonyl (C=O) groups is 1. The van der Waals surface area contributed by atoms with Crippen molar-refractivity contribution in [2.24, 2.45) is 4.99 Å². The molecule has 0 saturated carbocycles. The molecular formula is C15H12ClN3O3. The smallest absolute Gasteiger partial charge is 0.282 e. The molecule has 0 unspecified atom stereocenters. The fourth-order valence-corrected chi connectivity index (χ4v) is 2.41. The molecule has 0 aliphatic carbocycles. The van der Waals surface area contributed by atoms with E-state index >= 15 is 0 Å². The number of ether oxygens (including phenoxy) is 1. The highest BCUT2D eigenvalue weighted by Crippen LogP contribution is 2.28. The summed E-state index contributed by atoms with van der Waals surface area (Å²) < 4.78 is 5.08. The first-order valence-electron chi connectivity index (χ1n) is 6.43. The Kier molecular flexibility index (Phi) is 3.46. The fraction of sp³-hybridized carbons (Fsp3) is 0.133. The Morgan fingerprint density at radius 3 is 2.91 bits per heavy atom. The molecule has 0 spiro atoms. The van der Waals surface area contributed by atoms with E-state index in [1.54, 1.807) is 37.3 Å². The zero-order valence-electron chi connectivity index (χ0n) is 11.9. The summed E-state index contributed by atoms with van der Waals surface area (Å²) in [5, 5.41) is 9.75. The number of benzene rings is 1. The number of nitrogens with zero attached hydrogens (tertiary/aromatic N) is 2. The summed E-state index contributed by atoms with van der Waals surface area (Å²) in [4.78, 5) is 21.4. The van der Waals surface area contributed by atoms with E-state index in [0.29, 0.717) is 27.9 Å². The zero-order valence-corrected chi connectivity index (χ0v) is 12.6. The molecule has 2 heterocycles. The average Bonchev–Trinajstić information content (AvgIpc) is 2.84. The van der Waals surface area contributed by atoms with Crippen LogP contribution in [-0.4, -0.2) is 29.8 Å². The number of hydroxylamine groups is 2. The number of carbonyl (C=O) groups excluding carboxylic acids is 1. The number of allylic oxidation sites excluding steroid dienone is 1. The van der Waals surface area contributed by atoms with Gasteiger partial charge in [-0.1, -0.05) is 17.7 Å². The fourth-order valence-electron chi connectivity index (χ4n) is 2.14. The van der Waals surface area contributed by atoms with Crippen LogP contribution in [-0.2, 0) is 9.63 Å². The number of nitrogens with one attached hydrogen (secondary N) is 1. The molecule has 1 aromatic carbocycles. The largest absolute Gasteiger partial charge is 0.495 e. The molecule has 112 valence electrons. The number of fused-ring (bicyclic) bond motifs is 1. The van der Waals surface area contributed by atoms with E-state index in [1.807, 2.05) is 0 Å². The van der Waals surface area contributed by atoms with Gasteiger partial charge in [0.05, 0.1) is 17.7 Å². The van der Waals surface area contributed by atoms with Crippen molar-refractivity contribution in [2.45, 2.75) is 6.92 Å². The summed E-state index contributed by atoms with van der Waals surface area (Å²) in [7, 11) is 1.52. The molecule has 1 N–H and O–H groups in total. The van der Waals surface area contributed by atoms with Gasteiger partial charge in [0.25, 0.3) is 5.91 Å². The van der Waals surface area contributed by atoms with Crippen molar-refractivity contribution in [3.63, 3.8) is 0 Å². The van der Waals surface area contributed by atoms with Crippen molar-refractivity contribution in [1.82, 2.24) is 5.06 Å². The first-order chi connectivity index (χ1) is 10.5. The number of amidine groups is 2. The summed E-state index contributed by atoms with van der Waals surface area (Å²) >= 11 is 6.06. The number of halogens is 1. The monoisotopic (exact) mass is 317 g/mol. The Hall–Kier alpha value is -2.60. The van der Waals surface area contributed by atoms with Crippen molar-refractivity contribution in [2.75, 3.05) is 7.11 Å². The molecule has 1 aromatic rings. The Bertz CT molecular complexity index is 780. The van der Waals surface area contributed by atoms with Gasteiger partial charge >= 0.3 is 0 Å². The van der Waals surface area contributed by atoms with Gasteiger partial charge in [-0.25, -0.2) is 0 Å². The maximum absolute atomic E-state index is 12.1. The summed E-state index contributed by atoms with van der Waals surface area (Å²) in [5.41, 5.74) is 0.800. The van der Waals surface area contributed by atoms with Crippen LogP contribution in [0.15, 0.2) is 40.6 Å². The van der Waals surface area contributed by atoms with Crippen molar-refractivity contribution in [1.29, 1.82) is 5.41 Å². The van der Waals surface area contributed by atoms with Crippen LogP contribution in [0.2, 0.25) is 5.02 Å². The number of rotatable bonds is 2. The van der Waals surface area contributed by atoms with Gasteiger partial charge in [0.2, 0.25) is 0 Å². The highest BCUT2D eigenvalue weighted by Gasteiger charge is 2.34. The zero-order chi connectivity index (χ0) is 15.9. The van der Waals surface area contributed by atoms with Gasteiger partial charge < -0.3 is 9.57 Å². The lowest BCUT2D eigenvalue weighted by molar-refractivity contribution is -0.114. The van der Waals surface area contributed by atoms with Crippen LogP contribution in [0.1, 0.15) is 12.5 Å². The Morgan fingerprint density at radius 1 is 1.45 bits per heavy atom. The molecule has 1 amide bonds. The first-order valence-corrected chi connectivity index (χ1v) is 6.81. The lowest BCUT2D eigenvalue weighted by Crippen LogP contribution is -2.38. The summed E-state index contributed by atoms with van der Waals surface area (Å²) in [6, 6.07) is 5.09. The molecule has 0 atom stereocenters. The predicted molar refractivity (Wildman–Crippen MR) is 82.8 cm³/mol. The third kappa shape index (κ3) is 2.37. The van der Waals surface area contributed by atoms with Crippen LogP contribution in [0.4, 0.5) is 0 Å². The summed E-state index contributed by atoms with van der Waals surface area (Å²) in [6.45, 7) is 1.73. The SMILES string of the molecule is COc1ccc(/C=C2\C(=N)N3OC(C)=CC3=NC2=O)cc1Cl. The minimum absolute atomic E-state index is 0.0601. The first kappa shape index (κ1) is 14.3. The number of methoxy groups -OCH3 is 1. The van der Waals surface area contributed by atoms with E-state index in [9.17, 15) is 4.79 Å².